The Balaban J connectivity index is 2.29. The third-order valence-corrected chi connectivity index (χ3v) is 1.75. The number of hydrogen-bond donors (Lipinski definition) is 0. The minimum Gasteiger partial charge on any atom is -0.403 e. The lowest BCUT2D eigenvalue weighted by molar-refractivity contribution is 0.134. The number of thioether (sulfide) groups is 1. The summed E-state index contributed by atoms with van der Waals surface area (Å²) in [5, 5.41) is 0.372. The SMILES string of the molecule is C=COC(=O)OC1=NCCS1. The van der Waals surface area contributed by atoms with E-state index in [1.54, 1.807) is 0 Å². The Morgan fingerprint density at radius 3 is 3.18 bits per heavy atom. The third-order valence-electron chi connectivity index (χ3n) is 0.908. The predicted molar refractivity (Wildman–Crippen MR) is 42.5 cm³/mol. The molecule has 0 atom stereocenters. The average Bonchev–Trinajstić information content (AvgIpc) is 2.40. The molecule has 0 aromatic rings. The average molecular weight is 173 g/mol. The standard InChI is InChI=1S/C6H7NO3S/c1-2-9-6(8)10-5-7-3-4-11-5/h2H,1,3-4H2. The molecule has 0 spiro atoms. The van der Waals surface area contributed by atoms with Crippen LogP contribution in [-0.2, 0) is 9.47 Å². The Kier molecular flexibility index (Phi) is 2.97. The van der Waals surface area contributed by atoms with Crippen LogP contribution in [-0.4, -0.2) is 23.7 Å². The molecule has 5 heteroatoms. The zero-order chi connectivity index (χ0) is 8.10. The van der Waals surface area contributed by atoms with Gasteiger partial charge in [0.15, 0.2) is 0 Å². The lowest BCUT2D eigenvalue weighted by atomic mass is 10.8. The van der Waals surface area contributed by atoms with Gasteiger partial charge in [-0.2, -0.15) is 0 Å². The van der Waals surface area contributed by atoms with Gasteiger partial charge < -0.3 is 9.47 Å². The molecule has 0 saturated heterocycles. The van der Waals surface area contributed by atoms with Gasteiger partial charge in [-0.15, -0.1) is 0 Å². The molecule has 0 N–H and O–H groups in total. The minimum atomic E-state index is -0.784. The van der Waals surface area contributed by atoms with Crippen molar-refractivity contribution in [3.63, 3.8) is 0 Å². The van der Waals surface area contributed by atoms with Crippen molar-refractivity contribution in [2.75, 3.05) is 12.3 Å². The summed E-state index contributed by atoms with van der Waals surface area (Å²) in [6.07, 6.45) is 0.232. The highest BCUT2D eigenvalue weighted by molar-refractivity contribution is 8.13. The van der Waals surface area contributed by atoms with Crippen molar-refractivity contribution in [2.24, 2.45) is 4.99 Å². The molecule has 1 aliphatic heterocycles. The van der Waals surface area contributed by atoms with Gasteiger partial charge in [0.25, 0.3) is 5.23 Å². The Labute approximate surface area is 68.3 Å². The zero-order valence-corrected chi connectivity index (χ0v) is 6.60. The van der Waals surface area contributed by atoms with E-state index in [9.17, 15) is 4.79 Å². The number of aliphatic imine (C=N–C) groups is 1. The summed E-state index contributed by atoms with van der Waals surface area (Å²) in [5.74, 6) is 0.858. The maximum absolute atomic E-state index is 10.6. The molecule has 1 aliphatic rings. The molecule has 4 nitrogen and oxygen atoms in total. The van der Waals surface area contributed by atoms with Gasteiger partial charge in [-0.25, -0.2) is 9.79 Å². The fraction of sp³-hybridized carbons (Fsp3) is 0.333. The second kappa shape index (κ2) is 4.02. The van der Waals surface area contributed by atoms with Crippen LogP contribution in [0.1, 0.15) is 0 Å². The summed E-state index contributed by atoms with van der Waals surface area (Å²) in [6.45, 7) is 3.90. The molecule has 11 heavy (non-hydrogen) atoms. The van der Waals surface area contributed by atoms with Crippen molar-refractivity contribution in [3.05, 3.63) is 12.8 Å². The van der Waals surface area contributed by atoms with Crippen molar-refractivity contribution >= 4 is 23.1 Å². The van der Waals surface area contributed by atoms with E-state index < -0.39 is 6.16 Å². The maximum Gasteiger partial charge on any atom is 0.520 e. The van der Waals surface area contributed by atoms with Gasteiger partial charge >= 0.3 is 6.16 Å². The van der Waals surface area contributed by atoms with Gasteiger partial charge in [0.2, 0.25) is 0 Å². The van der Waals surface area contributed by atoms with Crippen molar-refractivity contribution in [3.8, 4) is 0 Å². The number of carbonyl (C=O) groups excluding carboxylic acids is 1. The maximum atomic E-state index is 10.6. The van der Waals surface area contributed by atoms with E-state index in [1.165, 1.54) is 11.8 Å². The fourth-order valence-electron chi connectivity index (χ4n) is 0.541. The largest absolute Gasteiger partial charge is 0.520 e. The highest BCUT2D eigenvalue weighted by Crippen LogP contribution is 2.12. The van der Waals surface area contributed by atoms with Crippen LogP contribution in [0.25, 0.3) is 0 Å². The first-order valence-corrected chi connectivity index (χ1v) is 3.98. The van der Waals surface area contributed by atoms with Crippen LogP contribution in [0.5, 0.6) is 0 Å². The molecule has 0 aliphatic carbocycles. The Morgan fingerprint density at radius 1 is 1.82 bits per heavy atom. The van der Waals surface area contributed by atoms with E-state index in [1.807, 2.05) is 0 Å². The third kappa shape index (κ3) is 2.63. The first-order chi connectivity index (χ1) is 5.33. The molecule has 0 bridgehead atoms. The van der Waals surface area contributed by atoms with Crippen LogP contribution < -0.4 is 0 Å². The summed E-state index contributed by atoms with van der Waals surface area (Å²) < 4.78 is 8.94. The molecule has 0 amide bonds. The van der Waals surface area contributed by atoms with Crippen LogP contribution in [0.3, 0.4) is 0 Å². The van der Waals surface area contributed by atoms with Crippen molar-refractivity contribution in [1.29, 1.82) is 0 Å². The molecular weight excluding hydrogens is 166 g/mol. The molecule has 1 rings (SSSR count). The van der Waals surface area contributed by atoms with E-state index in [0.29, 0.717) is 11.8 Å². The van der Waals surface area contributed by atoms with Crippen LogP contribution in [0, 0.1) is 0 Å². The smallest absolute Gasteiger partial charge is 0.403 e. The molecule has 60 valence electrons. The molecule has 0 aromatic carbocycles. The molecule has 0 saturated carbocycles. The van der Waals surface area contributed by atoms with Crippen LogP contribution >= 0.6 is 11.8 Å². The Morgan fingerprint density at radius 2 is 2.64 bits per heavy atom. The highest BCUT2D eigenvalue weighted by Gasteiger charge is 2.13. The molecular formula is C6H7NO3S. The van der Waals surface area contributed by atoms with Crippen molar-refractivity contribution in [2.45, 2.75) is 0 Å². The highest BCUT2D eigenvalue weighted by atomic mass is 32.2. The number of hydrogen-bond acceptors (Lipinski definition) is 5. The first kappa shape index (κ1) is 8.13. The number of rotatable bonds is 1. The van der Waals surface area contributed by atoms with E-state index in [2.05, 4.69) is 21.0 Å². The van der Waals surface area contributed by atoms with Gasteiger partial charge in [-0.3, -0.25) is 0 Å². The van der Waals surface area contributed by atoms with Crippen LogP contribution in [0.4, 0.5) is 4.79 Å². The van der Waals surface area contributed by atoms with Gasteiger partial charge in [-0.1, -0.05) is 18.3 Å². The topological polar surface area (TPSA) is 47.9 Å². The van der Waals surface area contributed by atoms with E-state index in [4.69, 9.17) is 0 Å². The van der Waals surface area contributed by atoms with Gasteiger partial charge in [-0.05, 0) is 0 Å². The van der Waals surface area contributed by atoms with Crippen LogP contribution in [0.2, 0.25) is 0 Å². The minimum absolute atomic E-state index is 0.372. The monoisotopic (exact) mass is 173 g/mol. The summed E-state index contributed by atoms with van der Waals surface area (Å²) >= 11 is 1.39. The second-order valence-electron chi connectivity index (χ2n) is 1.63. The van der Waals surface area contributed by atoms with Crippen molar-refractivity contribution < 1.29 is 14.3 Å². The summed E-state index contributed by atoms with van der Waals surface area (Å²) in [5.41, 5.74) is 0. The molecule has 1 heterocycles. The first-order valence-electron chi connectivity index (χ1n) is 2.99. The molecule has 0 fully saturated rings. The van der Waals surface area contributed by atoms with Gasteiger partial charge in [0.1, 0.15) is 0 Å². The lowest BCUT2D eigenvalue weighted by Crippen LogP contribution is -2.06. The van der Waals surface area contributed by atoms with Crippen molar-refractivity contribution in [1.82, 2.24) is 0 Å². The Bertz CT molecular complexity index is 202. The van der Waals surface area contributed by atoms with E-state index in [-0.39, 0.29) is 0 Å². The summed E-state index contributed by atoms with van der Waals surface area (Å²) in [4.78, 5) is 14.5. The summed E-state index contributed by atoms with van der Waals surface area (Å²) in [7, 11) is 0. The Hall–Kier alpha value is -0.970. The van der Waals surface area contributed by atoms with Gasteiger partial charge in [0, 0.05) is 5.75 Å². The van der Waals surface area contributed by atoms with E-state index in [0.717, 1.165) is 12.0 Å². The molecule has 0 radical (unpaired) electrons. The van der Waals surface area contributed by atoms with Gasteiger partial charge in [0.05, 0.1) is 12.8 Å². The van der Waals surface area contributed by atoms with Crippen LogP contribution in [0.15, 0.2) is 17.8 Å². The zero-order valence-electron chi connectivity index (χ0n) is 5.78. The molecule has 0 aromatic heterocycles. The number of ether oxygens (including phenoxy) is 2. The predicted octanol–water partition coefficient (Wildman–Crippen LogP) is 1.39. The number of carbonyl (C=O) groups is 1. The van der Waals surface area contributed by atoms with E-state index >= 15 is 0 Å². The fourth-order valence-corrected chi connectivity index (χ4v) is 1.21. The lowest BCUT2D eigenvalue weighted by Gasteiger charge is -1.98. The second-order valence-corrected chi connectivity index (χ2v) is 2.68. The summed E-state index contributed by atoms with van der Waals surface area (Å²) in [6, 6.07) is 0. The molecule has 0 unspecified atom stereocenters. The quantitative estimate of drug-likeness (QED) is 0.444. The number of nitrogens with zero attached hydrogens (tertiary/aromatic N) is 1. The normalized spacial score (nSPS) is 15.5.